The van der Waals surface area contributed by atoms with E-state index in [0.717, 1.165) is 18.8 Å². The fourth-order valence-corrected chi connectivity index (χ4v) is 1.28. The van der Waals surface area contributed by atoms with Crippen LogP contribution in [0.1, 0.15) is 32.1 Å². The van der Waals surface area contributed by atoms with Crippen molar-refractivity contribution in [2.75, 3.05) is 0 Å². The lowest BCUT2D eigenvalue weighted by Crippen LogP contribution is -2.35. The van der Waals surface area contributed by atoms with E-state index in [2.05, 4.69) is 11.3 Å². The van der Waals surface area contributed by atoms with E-state index in [1.165, 1.54) is 19.3 Å². The van der Waals surface area contributed by atoms with Crippen LogP contribution >= 0.6 is 0 Å². The van der Waals surface area contributed by atoms with Crippen molar-refractivity contribution in [3.05, 3.63) is 0 Å². The van der Waals surface area contributed by atoms with Crippen molar-refractivity contribution in [1.82, 2.24) is 5.43 Å². The van der Waals surface area contributed by atoms with Crippen molar-refractivity contribution in [3.8, 4) is 12.3 Å². The van der Waals surface area contributed by atoms with E-state index < -0.39 is 0 Å². The van der Waals surface area contributed by atoms with Crippen molar-refractivity contribution < 1.29 is 0 Å². The standard InChI is InChI=1S/C9H16N2/c1-2-3-4-9(11-10)7-8-5-6-8/h1,8-9,11H,3-7,10H2. The van der Waals surface area contributed by atoms with Crippen molar-refractivity contribution in [1.29, 1.82) is 0 Å². The van der Waals surface area contributed by atoms with E-state index in [1.54, 1.807) is 0 Å². The number of terminal acetylenes is 1. The third-order valence-electron chi connectivity index (χ3n) is 2.19. The fraction of sp³-hybridized carbons (Fsp3) is 0.778. The van der Waals surface area contributed by atoms with Crippen LogP contribution in [0.15, 0.2) is 0 Å². The van der Waals surface area contributed by atoms with Crippen LogP contribution in [0.3, 0.4) is 0 Å². The molecule has 0 spiro atoms. The van der Waals surface area contributed by atoms with Gasteiger partial charge in [0.1, 0.15) is 0 Å². The maximum absolute atomic E-state index is 5.37. The summed E-state index contributed by atoms with van der Waals surface area (Å²) in [6.45, 7) is 0. The minimum Gasteiger partial charge on any atom is -0.271 e. The zero-order chi connectivity index (χ0) is 8.10. The van der Waals surface area contributed by atoms with E-state index >= 15 is 0 Å². The SMILES string of the molecule is C#CCCC(CC1CC1)NN. The van der Waals surface area contributed by atoms with Crippen LogP contribution in [-0.2, 0) is 0 Å². The molecular weight excluding hydrogens is 136 g/mol. The summed E-state index contributed by atoms with van der Waals surface area (Å²) in [5.74, 6) is 8.93. The summed E-state index contributed by atoms with van der Waals surface area (Å²) in [5.41, 5.74) is 2.81. The largest absolute Gasteiger partial charge is 0.271 e. The highest BCUT2D eigenvalue weighted by Crippen LogP contribution is 2.33. The average Bonchev–Trinajstić information content (AvgIpc) is 2.81. The monoisotopic (exact) mass is 152 g/mol. The van der Waals surface area contributed by atoms with E-state index in [0.29, 0.717) is 6.04 Å². The van der Waals surface area contributed by atoms with Crippen LogP contribution < -0.4 is 11.3 Å². The summed E-state index contributed by atoms with van der Waals surface area (Å²) < 4.78 is 0. The van der Waals surface area contributed by atoms with Gasteiger partial charge in [0, 0.05) is 12.5 Å². The van der Waals surface area contributed by atoms with E-state index in [1.807, 2.05) is 0 Å². The Morgan fingerprint density at radius 1 is 1.64 bits per heavy atom. The number of hydrazine groups is 1. The van der Waals surface area contributed by atoms with Gasteiger partial charge in [0.2, 0.25) is 0 Å². The molecule has 0 bridgehead atoms. The van der Waals surface area contributed by atoms with Crippen LogP contribution in [0.25, 0.3) is 0 Å². The minimum absolute atomic E-state index is 0.443. The van der Waals surface area contributed by atoms with Crippen molar-refractivity contribution in [2.45, 2.75) is 38.1 Å². The minimum atomic E-state index is 0.443. The van der Waals surface area contributed by atoms with Gasteiger partial charge in [-0.05, 0) is 18.8 Å². The first-order valence-electron chi connectivity index (χ1n) is 4.26. The Hall–Kier alpha value is -0.520. The highest BCUT2D eigenvalue weighted by atomic mass is 15.2. The molecule has 1 unspecified atom stereocenters. The molecule has 1 aliphatic carbocycles. The highest BCUT2D eigenvalue weighted by Gasteiger charge is 2.24. The number of nitrogens with one attached hydrogen (secondary N) is 1. The second-order valence-electron chi connectivity index (χ2n) is 3.29. The molecule has 3 N–H and O–H groups in total. The topological polar surface area (TPSA) is 38.0 Å². The molecule has 2 heteroatoms. The van der Waals surface area contributed by atoms with Gasteiger partial charge in [0.05, 0.1) is 0 Å². The first-order valence-corrected chi connectivity index (χ1v) is 4.26. The van der Waals surface area contributed by atoms with Crippen LogP contribution in [0.4, 0.5) is 0 Å². The smallest absolute Gasteiger partial charge is 0.0222 e. The normalized spacial score (nSPS) is 19.3. The first kappa shape index (κ1) is 8.58. The van der Waals surface area contributed by atoms with E-state index in [-0.39, 0.29) is 0 Å². The molecular formula is C9H16N2. The lowest BCUT2D eigenvalue weighted by atomic mass is 10.1. The Kier molecular flexibility index (Phi) is 3.41. The summed E-state index contributed by atoms with van der Waals surface area (Å²) in [6, 6.07) is 0.443. The van der Waals surface area contributed by atoms with Crippen LogP contribution in [-0.4, -0.2) is 6.04 Å². The van der Waals surface area contributed by atoms with Crippen LogP contribution in [0, 0.1) is 18.3 Å². The Morgan fingerprint density at radius 3 is 2.82 bits per heavy atom. The number of rotatable bonds is 5. The molecule has 0 aromatic heterocycles. The van der Waals surface area contributed by atoms with Gasteiger partial charge in [-0.25, -0.2) is 0 Å². The summed E-state index contributed by atoms with van der Waals surface area (Å²) in [5, 5.41) is 0. The molecule has 62 valence electrons. The Labute approximate surface area is 68.5 Å². The van der Waals surface area contributed by atoms with Crippen molar-refractivity contribution in [2.24, 2.45) is 11.8 Å². The van der Waals surface area contributed by atoms with Crippen LogP contribution in [0.2, 0.25) is 0 Å². The molecule has 11 heavy (non-hydrogen) atoms. The molecule has 0 aromatic rings. The third-order valence-corrected chi connectivity index (χ3v) is 2.19. The summed E-state index contributed by atoms with van der Waals surface area (Å²) in [6.07, 6.45) is 11.0. The summed E-state index contributed by atoms with van der Waals surface area (Å²) in [4.78, 5) is 0. The van der Waals surface area contributed by atoms with Gasteiger partial charge in [-0.1, -0.05) is 12.8 Å². The fourth-order valence-electron chi connectivity index (χ4n) is 1.28. The molecule has 0 radical (unpaired) electrons. The highest BCUT2D eigenvalue weighted by molar-refractivity contribution is 4.87. The summed E-state index contributed by atoms with van der Waals surface area (Å²) in [7, 11) is 0. The predicted octanol–water partition coefficient (Wildman–Crippen LogP) is 1.03. The Balaban J connectivity index is 2.08. The zero-order valence-corrected chi connectivity index (χ0v) is 6.84. The maximum atomic E-state index is 5.37. The lowest BCUT2D eigenvalue weighted by molar-refractivity contribution is 0.446. The van der Waals surface area contributed by atoms with Crippen LogP contribution in [0.5, 0.6) is 0 Å². The number of nitrogens with two attached hydrogens (primary N) is 1. The molecule has 1 atom stereocenters. The molecule has 2 nitrogen and oxygen atoms in total. The molecule has 0 heterocycles. The Morgan fingerprint density at radius 2 is 2.36 bits per heavy atom. The quantitative estimate of drug-likeness (QED) is 0.351. The maximum Gasteiger partial charge on any atom is 0.0222 e. The predicted molar refractivity (Wildman–Crippen MR) is 46.5 cm³/mol. The van der Waals surface area contributed by atoms with Gasteiger partial charge < -0.3 is 0 Å². The van der Waals surface area contributed by atoms with Gasteiger partial charge in [0.15, 0.2) is 0 Å². The molecule has 0 aliphatic heterocycles. The van der Waals surface area contributed by atoms with E-state index in [9.17, 15) is 0 Å². The lowest BCUT2D eigenvalue weighted by Gasteiger charge is -2.12. The molecule has 1 aliphatic rings. The van der Waals surface area contributed by atoms with Gasteiger partial charge in [-0.15, -0.1) is 12.3 Å². The van der Waals surface area contributed by atoms with Crippen molar-refractivity contribution in [3.63, 3.8) is 0 Å². The van der Waals surface area contributed by atoms with Gasteiger partial charge in [-0.2, -0.15) is 0 Å². The second kappa shape index (κ2) is 4.38. The molecule has 1 rings (SSSR count). The average molecular weight is 152 g/mol. The molecule has 0 aromatic carbocycles. The first-order chi connectivity index (χ1) is 5.36. The van der Waals surface area contributed by atoms with Gasteiger partial charge in [-0.3, -0.25) is 11.3 Å². The third kappa shape index (κ3) is 3.41. The number of hydrogen-bond acceptors (Lipinski definition) is 2. The summed E-state index contributed by atoms with van der Waals surface area (Å²) >= 11 is 0. The van der Waals surface area contributed by atoms with Crippen molar-refractivity contribution >= 4 is 0 Å². The van der Waals surface area contributed by atoms with Gasteiger partial charge >= 0.3 is 0 Å². The molecule has 0 amide bonds. The Bertz CT molecular complexity index is 144. The second-order valence-corrected chi connectivity index (χ2v) is 3.29. The number of hydrogen-bond donors (Lipinski definition) is 2. The molecule has 1 fully saturated rings. The molecule has 1 saturated carbocycles. The van der Waals surface area contributed by atoms with Gasteiger partial charge in [0.25, 0.3) is 0 Å². The zero-order valence-electron chi connectivity index (χ0n) is 6.84. The molecule has 0 saturated heterocycles. The van der Waals surface area contributed by atoms with E-state index in [4.69, 9.17) is 12.3 Å².